The van der Waals surface area contributed by atoms with Crippen LogP contribution >= 0.6 is 0 Å². The van der Waals surface area contributed by atoms with Gasteiger partial charge in [0, 0.05) is 6.08 Å². The van der Waals surface area contributed by atoms with Crippen LogP contribution in [0.3, 0.4) is 0 Å². The molecule has 0 saturated carbocycles. The van der Waals surface area contributed by atoms with Gasteiger partial charge in [0.2, 0.25) is 0 Å². The average molecular weight is 507 g/mol. The van der Waals surface area contributed by atoms with E-state index in [0.717, 1.165) is 11.6 Å². The molecular formula is C25H30O11. The molecule has 0 unspecified atom stereocenters. The molecule has 1 aromatic rings. The zero-order valence-corrected chi connectivity index (χ0v) is 19.8. The van der Waals surface area contributed by atoms with E-state index in [-0.39, 0.29) is 17.9 Å². The van der Waals surface area contributed by atoms with E-state index in [1.54, 1.807) is 32.1 Å². The number of carbonyl (C=O) groups is 2. The Morgan fingerprint density at radius 1 is 1.06 bits per heavy atom. The summed E-state index contributed by atoms with van der Waals surface area (Å²) in [6.07, 6.45) is -3.99. The van der Waals surface area contributed by atoms with Gasteiger partial charge in [-0.15, -0.1) is 0 Å². The number of hydrogen-bond acceptors (Lipinski definition) is 11. The van der Waals surface area contributed by atoms with Gasteiger partial charge in [0.05, 0.1) is 12.2 Å². The van der Waals surface area contributed by atoms with Crippen LogP contribution in [-0.4, -0.2) is 93.6 Å². The summed E-state index contributed by atoms with van der Waals surface area (Å²) in [6.45, 7) is 2.87. The van der Waals surface area contributed by atoms with Gasteiger partial charge in [-0.05, 0) is 49.8 Å². The Morgan fingerprint density at radius 2 is 1.75 bits per heavy atom. The van der Waals surface area contributed by atoms with Crippen LogP contribution in [0.15, 0.2) is 53.6 Å². The first-order valence-electron chi connectivity index (χ1n) is 11.3. The molecule has 0 radical (unpaired) electrons. The van der Waals surface area contributed by atoms with E-state index < -0.39 is 61.5 Å². The third-order valence-electron chi connectivity index (χ3n) is 5.53. The van der Waals surface area contributed by atoms with E-state index >= 15 is 0 Å². The molecule has 11 heteroatoms. The van der Waals surface area contributed by atoms with Crippen LogP contribution in [0.2, 0.25) is 0 Å². The molecule has 0 amide bonds. The highest BCUT2D eigenvalue weighted by Gasteiger charge is 2.45. The van der Waals surface area contributed by atoms with Crippen molar-refractivity contribution in [2.24, 2.45) is 0 Å². The van der Waals surface area contributed by atoms with Crippen LogP contribution in [0.5, 0.6) is 5.75 Å². The molecule has 2 saturated heterocycles. The number of ether oxygens (including phenoxy) is 4. The summed E-state index contributed by atoms with van der Waals surface area (Å²) >= 11 is 0. The van der Waals surface area contributed by atoms with Crippen molar-refractivity contribution in [3.63, 3.8) is 0 Å². The molecule has 2 heterocycles. The van der Waals surface area contributed by atoms with E-state index in [0.29, 0.717) is 5.56 Å². The lowest BCUT2D eigenvalue weighted by atomic mass is 9.99. The minimum Gasteiger partial charge on any atom is -0.508 e. The molecular weight excluding hydrogens is 476 g/mol. The Labute approximate surface area is 207 Å². The van der Waals surface area contributed by atoms with Gasteiger partial charge < -0.3 is 44.5 Å². The molecule has 2 fully saturated rings. The fraction of sp³-hybridized carbons (Fsp3) is 0.440. The standard InChI is InChI=1S/C25H30O11/c1-13(2)11-17-20(28)16(24(32)35-17)9-10-33-25-23(31)22(30)21(29)18(36-25)12-34-19(27)8-5-14-3-6-15(26)7-4-14/h3-9,11,17-18,20-23,25-26,28-31H,10,12H2,1-2H3/t17-,18+,20+,21-,22-,23-,25-/m1/s1. The maximum Gasteiger partial charge on any atom is 0.337 e. The molecule has 196 valence electrons. The van der Waals surface area contributed by atoms with Crippen molar-refractivity contribution in [1.29, 1.82) is 0 Å². The van der Waals surface area contributed by atoms with E-state index in [2.05, 4.69) is 0 Å². The fourth-order valence-corrected chi connectivity index (χ4v) is 3.60. The number of benzene rings is 1. The van der Waals surface area contributed by atoms with Crippen LogP contribution in [0.25, 0.3) is 6.08 Å². The molecule has 7 atom stereocenters. The number of hydrogen-bond donors (Lipinski definition) is 5. The van der Waals surface area contributed by atoms with Crippen molar-refractivity contribution in [1.82, 2.24) is 0 Å². The number of phenolic OH excluding ortho intramolecular Hbond substituents is 1. The van der Waals surface area contributed by atoms with Gasteiger partial charge in [0.15, 0.2) is 12.4 Å². The Bertz CT molecular complexity index is 1010. The van der Waals surface area contributed by atoms with Crippen molar-refractivity contribution < 1.29 is 54.1 Å². The number of aliphatic hydroxyl groups excluding tert-OH is 4. The number of aromatic hydroxyl groups is 1. The minimum atomic E-state index is -1.66. The first-order chi connectivity index (χ1) is 17.1. The topological polar surface area (TPSA) is 172 Å². The highest BCUT2D eigenvalue weighted by atomic mass is 16.7. The molecule has 2 aliphatic rings. The molecule has 0 aliphatic carbocycles. The van der Waals surface area contributed by atoms with Gasteiger partial charge in [-0.1, -0.05) is 17.7 Å². The predicted octanol–water partition coefficient (Wildman–Crippen LogP) is -0.0483. The van der Waals surface area contributed by atoms with Gasteiger partial charge in [0.25, 0.3) is 0 Å². The second-order valence-electron chi connectivity index (χ2n) is 8.62. The molecule has 0 bridgehead atoms. The zero-order valence-electron chi connectivity index (χ0n) is 19.8. The minimum absolute atomic E-state index is 0.0192. The van der Waals surface area contributed by atoms with E-state index in [1.807, 2.05) is 0 Å². The Balaban J connectivity index is 1.55. The Hall–Kier alpha value is -3.06. The Kier molecular flexibility index (Phi) is 9.37. The summed E-state index contributed by atoms with van der Waals surface area (Å²) in [6, 6.07) is 6.10. The SMILES string of the molecule is CC(C)=C[C@H]1OC(=O)C(=CCO[C@@H]2O[C@@H](COC(=O)C=Cc3ccc(O)cc3)[C@@H](O)[C@@H](O)[C@H]2O)[C@@H]1O. The number of rotatable bonds is 8. The monoisotopic (exact) mass is 506 g/mol. The summed E-state index contributed by atoms with van der Waals surface area (Å²) in [5.41, 5.74) is 1.48. The van der Waals surface area contributed by atoms with Crippen molar-refractivity contribution in [3.05, 3.63) is 59.2 Å². The van der Waals surface area contributed by atoms with Crippen LogP contribution < -0.4 is 0 Å². The van der Waals surface area contributed by atoms with E-state index in [4.69, 9.17) is 18.9 Å². The lowest BCUT2D eigenvalue weighted by Gasteiger charge is -2.39. The highest BCUT2D eigenvalue weighted by Crippen LogP contribution is 2.25. The van der Waals surface area contributed by atoms with Crippen molar-refractivity contribution in [2.45, 2.75) is 56.8 Å². The fourth-order valence-electron chi connectivity index (χ4n) is 3.60. The third-order valence-corrected chi connectivity index (χ3v) is 5.53. The largest absolute Gasteiger partial charge is 0.508 e. The van der Waals surface area contributed by atoms with E-state index in [9.17, 15) is 35.1 Å². The molecule has 1 aromatic carbocycles. The van der Waals surface area contributed by atoms with Crippen LogP contribution in [-0.2, 0) is 28.5 Å². The van der Waals surface area contributed by atoms with Crippen molar-refractivity contribution >= 4 is 18.0 Å². The summed E-state index contributed by atoms with van der Waals surface area (Å²) in [4.78, 5) is 24.0. The highest BCUT2D eigenvalue weighted by molar-refractivity contribution is 5.92. The normalized spacial score (nSPS) is 31.4. The van der Waals surface area contributed by atoms with Crippen LogP contribution in [0, 0.1) is 0 Å². The smallest absolute Gasteiger partial charge is 0.337 e. The quantitative estimate of drug-likeness (QED) is 0.182. The molecule has 2 aliphatic heterocycles. The summed E-state index contributed by atoms with van der Waals surface area (Å²) < 4.78 is 21.1. The third kappa shape index (κ3) is 7.00. The maximum atomic E-state index is 12.0. The van der Waals surface area contributed by atoms with Crippen LogP contribution in [0.4, 0.5) is 0 Å². The van der Waals surface area contributed by atoms with Crippen LogP contribution in [0.1, 0.15) is 19.4 Å². The number of phenols is 1. The lowest BCUT2D eigenvalue weighted by molar-refractivity contribution is -0.299. The lowest BCUT2D eigenvalue weighted by Crippen LogP contribution is -2.59. The number of carbonyl (C=O) groups excluding carboxylic acids is 2. The number of allylic oxidation sites excluding steroid dienone is 1. The van der Waals surface area contributed by atoms with Gasteiger partial charge in [-0.25, -0.2) is 9.59 Å². The second-order valence-corrected chi connectivity index (χ2v) is 8.62. The predicted molar refractivity (Wildman–Crippen MR) is 124 cm³/mol. The second kappa shape index (κ2) is 12.3. The first kappa shape index (κ1) is 27.5. The Morgan fingerprint density at radius 3 is 2.42 bits per heavy atom. The molecule has 5 N–H and O–H groups in total. The van der Waals surface area contributed by atoms with Gasteiger partial charge >= 0.3 is 11.9 Å². The molecule has 0 aromatic heterocycles. The van der Waals surface area contributed by atoms with Crippen molar-refractivity contribution in [3.8, 4) is 5.75 Å². The molecule has 11 nitrogen and oxygen atoms in total. The van der Waals surface area contributed by atoms with E-state index in [1.165, 1.54) is 24.3 Å². The van der Waals surface area contributed by atoms with Gasteiger partial charge in [-0.3, -0.25) is 0 Å². The van der Waals surface area contributed by atoms with Crippen molar-refractivity contribution in [2.75, 3.05) is 13.2 Å². The average Bonchev–Trinajstić information content (AvgIpc) is 3.09. The summed E-state index contributed by atoms with van der Waals surface area (Å²) in [7, 11) is 0. The molecule has 3 rings (SSSR count). The number of esters is 2. The zero-order chi connectivity index (χ0) is 26.4. The summed E-state index contributed by atoms with van der Waals surface area (Å²) in [5.74, 6) is -1.38. The maximum absolute atomic E-state index is 12.0. The summed E-state index contributed by atoms with van der Waals surface area (Å²) in [5, 5.41) is 50.2. The number of aliphatic hydroxyl groups is 4. The number of cyclic esters (lactones) is 1. The van der Waals surface area contributed by atoms with Gasteiger partial charge in [0.1, 0.15) is 42.9 Å². The molecule has 36 heavy (non-hydrogen) atoms. The van der Waals surface area contributed by atoms with Gasteiger partial charge in [-0.2, -0.15) is 0 Å². The first-order valence-corrected chi connectivity index (χ1v) is 11.3. The molecule has 0 spiro atoms.